The molecular weight excluding hydrogens is 243 g/mol. The van der Waals surface area contributed by atoms with Crippen LogP contribution in [0.25, 0.3) is 0 Å². The zero-order valence-corrected chi connectivity index (χ0v) is 10.6. The topological polar surface area (TPSA) is 41.1 Å². The summed E-state index contributed by atoms with van der Waals surface area (Å²) in [6.07, 6.45) is 0.353. The van der Waals surface area contributed by atoms with E-state index in [9.17, 15) is 9.18 Å². The van der Waals surface area contributed by atoms with E-state index in [1.807, 2.05) is 13.8 Å². The van der Waals surface area contributed by atoms with Gasteiger partial charge in [-0.15, -0.1) is 0 Å². The van der Waals surface area contributed by atoms with Gasteiger partial charge in [-0.2, -0.15) is 0 Å². The number of nitrogens with one attached hydrogen (secondary N) is 2. The molecule has 0 fully saturated rings. The highest BCUT2D eigenvalue weighted by Crippen LogP contribution is 2.22. The van der Waals surface area contributed by atoms with Gasteiger partial charge >= 0.3 is 0 Å². The smallest absolute Gasteiger partial charge is 0.221 e. The Bertz CT molecular complexity index is 396. The molecular formula is C12H16ClFN2O. The summed E-state index contributed by atoms with van der Waals surface area (Å²) >= 11 is 5.83. The third-order valence-corrected chi connectivity index (χ3v) is 2.36. The highest BCUT2D eigenvalue weighted by Gasteiger charge is 2.04. The van der Waals surface area contributed by atoms with E-state index in [1.165, 1.54) is 12.1 Å². The third-order valence-electron chi connectivity index (χ3n) is 2.05. The lowest BCUT2D eigenvalue weighted by molar-refractivity contribution is -0.121. The Kier molecular flexibility index (Phi) is 5.22. The molecule has 17 heavy (non-hydrogen) atoms. The van der Waals surface area contributed by atoms with E-state index < -0.39 is 0 Å². The second kappa shape index (κ2) is 6.45. The molecule has 0 radical (unpaired) electrons. The molecule has 0 bridgehead atoms. The van der Waals surface area contributed by atoms with Gasteiger partial charge in [-0.1, -0.05) is 11.6 Å². The number of rotatable bonds is 5. The van der Waals surface area contributed by atoms with Gasteiger partial charge in [0, 0.05) is 19.0 Å². The average molecular weight is 259 g/mol. The van der Waals surface area contributed by atoms with Crippen molar-refractivity contribution in [1.29, 1.82) is 0 Å². The van der Waals surface area contributed by atoms with Gasteiger partial charge in [0.15, 0.2) is 0 Å². The zero-order valence-electron chi connectivity index (χ0n) is 9.89. The van der Waals surface area contributed by atoms with E-state index in [-0.39, 0.29) is 17.8 Å². The van der Waals surface area contributed by atoms with Crippen molar-refractivity contribution in [2.24, 2.45) is 0 Å². The van der Waals surface area contributed by atoms with Gasteiger partial charge in [0.25, 0.3) is 0 Å². The molecule has 0 saturated carbocycles. The summed E-state index contributed by atoms with van der Waals surface area (Å²) in [7, 11) is 0. The molecule has 1 amide bonds. The Morgan fingerprint density at radius 3 is 2.76 bits per heavy atom. The van der Waals surface area contributed by atoms with E-state index in [0.29, 0.717) is 23.7 Å². The van der Waals surface area contributed by atoms with Gasteiger partial charge in [0.05, 0.1) is 10.7 Å². The summed E-state index contributed by atoms with van der Waals surface area (Å²) in [6.45, 7) is 4.27. The normalized spacial score (nSPS) is 10.4. The third kappa shape index (κ3) is 5.04. The Hall–Kier alpha value is -1.29. The fraction of sp³-hybridized carbons (Fsp3) is 0.417. The van der Waals surface area contributed by atoms with Crippen molar-refractivity contribution in [2.45, 2.75) is 26.3 Å². The maximum atomic E-state index is 12.8. The van der Waals surface area contributed by atoms with Gasteiger partial charge in [0.2, 0.25) is 5.91 Å². The van der Waals surface area contributed by atoms with Crippen LogP contribution in [0.15, 0.2) is 18.2 Å². The van der Waals surface area contributed by atoms with Crippen LogP contribution < -0.4 is 10.6 Å². The van der Waals surface area contributed by atoms with Crippen LogP contribution in [-0.2, 0) is 4.79 Å². The first-order chi connectivity index (χ1) is 7.99. The molecule has 1 rings (SSSR count). The van der Waals surface area contributed by atoms with Gasteiger partial charge in [-0.25, -0.2) is 4.39 Å². The number of benzene rings is 1. The van der Waals surface area contributed by atoms with Crippen LogP contribution in [-0.4, -0.2) is 18.5 Å². The average Bonchev–Trinajstić information content (AvgIpc) is 2.20. The maximum Gasteiger partial charge on any atom is 0.221 e. The molecule has 94 valence electrons. The van der Waals surface area contributed by atoms with Gasteiger partial charge in [-0.05, 0) is 32.0 Å². The van der Waals surface area contributed by atoms with Crippen molar-refractivity contribution in [2.75, 3.05) is 11.9 Å². The predicted octanol–water partition coefficient (Wildman–Crippen LogP) is 2.81. The van der Waals surface area contributed by atoms with Crippen LogP contribution >= 0.6 is 11.6 Å². The van der Waals surface area contributed by atoms with Crippen molar-refractivity contribution in [1.82, 2.24) is 5.32 Å². The minimum absolute atomic E-state index is 0.0225. The fourth-order valence-corrected chi connectivity index (χ4v) is 1.57. The summed E-state index contributed by atoms with van der Waals surface area (Å²) in [5.41, 5.74) is 0.630. The van der Waals surface area contributed by atoms with Gasteiger partial charge in [0.1, 0.15) is 5.82 Å². The second-order valence-corrected chi connectivity index (χ2v) is 4.43. The van der Waals surface area contributed by atoms with Crippen LogP contribution in [0.5, 0.6) is 0 Å². The summed E-state index contributed by atoms with van der Waals surface area (Å²) in [6, 6.07) is 4.25. The van der Waals surface area contributed by atoms with Crippen molar-refractivity contribution in [3.8, 4) is 0 Å². The summed E-state index contributed by atoms with van der Waals surface area (Å²) in [4.78, 5) is 11.3. The molecule has 0 aliphatic rings. The predicted molar refractivity (Wildman–Crippen MR) is 67.8 cm³/mol. The monoisotopic (exact) mass is 258 g/mol. The molecule has 0 saturated heterocycles. The first-order valence-corrected chi connectivity index (χ1v) is 5.85. The van der Waals surface area contributed by atoms with Crippen molar-refractivity contribution in [3.05, 3.63) is 29.0 Å². The molecule has 0 aliphatic carbocycles. The van der Waals surface area contributed by atoms with Crippen LogP contribution in [0, 0.1) is 5.82 Å². The number of anilines is 1. The van der Waals surface area contributed by atoms with E-state index in [1.54, 1.807) is 6.07 Å². The van der Waals surface area contributed by atoms with E-state index in [4.69, 9.17) is 11.6 Å². The minimum Gasteiger partial charge on any atom is -0.383 e. The Morgan fingerprint density at radius 1 is 1.47 bits per heavy atom. The first kappa shape index (κ1) is 13.8. The Labute approximate surface area is 105 Å². The molecule has 1 aromatic carbocycles. The number of carbonyl (C=O) groups is 1. The Balaban J connectivity index is 2.38. The lowest BCUT2D eigenvalue weighted by atomic mass is 10.3. The zero-order chi connectivity index (χ0) is 12.8. The standard InChI is InChI=1S/C12H16ClFN2O/c1-8(2)16-12(17)5-6-15-11-4-3-9(14)7-10(11)13/h3-4,7-8,15H,5-6H2,1-2H3,(H,16,17). The van der Waals surface area contributed by atoms with Gasteiger partial charge < -0.3 is 10.6 Å². The number of hydrogen-bond acceptors (Lipinski definition) is 2. The van der Waals surface area contributed by atoms with Crippen molar-refractivity contribution in [3.63, 3.8) is 0 Å². The molecule has 3 nitrogen and oxygen atoms in total. The van der Waals surface area contributed by atoms with Crippen molar-refractivity contribution >= 4 is 23.2 Å². The number of amides is 1. The van der Waals surface area contributed by atoms with Crippen molar-refractivity contribution < 1.29 is 9.18 Å². The molecule has 0 atom stereocenters. The Morgan fingerprint density at radius 2 is 2.18 bits per heavy atom. The van der Waals surface area contributed by atoms with Gasteiger partial charge in [-0.3, -0.25) is 4.79 Å². The number of carbonyl (C=O) groups excluding carboxylic acids is 1. The van der Waals surface area contributed by atoms with Crippen LogP contribution in [0.4, 0.5) is 10.1 Å². The lowest BCUT2D eigenvalue weighted by Crippen LogP contribution is -2.31. The molecule has 5 heteroatoms. The molecule has 0 unspecified atom stereocenters. The molecule has 0 heterocycles. The van der Waals surface area contributed by atoms with E-state index >= 15 is 0 Å². The van der Waals surface area contributed by atoms with E-state index in [2.05, 4.69) is 10.6 Å². The van der Waals surface area contributed by atoms with Crippen LogP contribution in [0.2, 0.25) is 5.02 Å². The molecule has 0 spiro atoms. The summed E-state index contributed by atoms with van der Waals surface area (Å²) in [5, 5.41) is 6.08. The molecule has 0 aromatic heterocycles. The number of hydrogen-bond donors (Lipinski definition) is 2. The maximum absolute atomic E-state index is 12.8. The fourth-order valence-electron chi connectivity index (χ4n) is 1.34. The highest BCUT2D eigenvalue weighted by atomic mass is 35.5. The second-order valence-electron chi connectivity index (χ2n) is 4.02. The highest BCUT2D eigenvalue weighted by molar-refractivity contribution is 6.33. The van der Waals surface area contributed by atoms with E-state index in [0.717, 1.165) is 0 Å². The molecule has 0 aliphatic heterocycles. The molecule has 1 aromatic rings. The SMILES string of the molecule is CC(C)NC(=O)CCNc1ccc(F)cc1Cl. The quantitative estimate of drug-likeness (QED) is 0.853. The summed E-state index contributed by atoms with van der Waals surface area (Å²) < 4.78 is 12.8. The van der Waals surface area contributed by atoms with Crippen LogP contribution in [0.3, 0.4) is 0 Å². The lowest BCUT2D eigenvalue weighted by Gasteiger charge is -2.10. The molecule has 2 N–H and O–H groups in total. The minimum atomic E-state index is -0.377. The first-order valence-electron chi connectivity index (χ1n) is 5.47. The summed E-state index contributed by atoms with van der Waals surface area (Å²) in [5.74, 6) is -0.399. The largest absolute Gasteiger partial charge is 0.383 e. The van der Waals surface area contributed by atoms with Crippen LogP contribution in [0.1, 0.15) is 20.3 Å². The number of halogens is 2.